The van der Waals surface area contributed by atoms with E-state index in [4.69, 9.17) is 15.6 Å². The number of hydrogen-bond donors (Lipinski definition) is 3. The summed E-state index contributed by atoms with van der Waals surface area (Å²) in [7, 11) is 0. The van der Waals surface area contributed by atoms with Crippen molar-refractivity contribution in [2.75, 3.05) is 0 Å². The summed E-state index contributed by atoms with van der Waals surface area (Å²) >= 11 is 0.711. The first-order valence-corrected chi connectivity index (χ1v) is 9.33. The minimum Gasteiger partial charge on any atom is -0.480 e. The highest BCUT2D eigenvalue weighted by molar-refractivity contribution is 8.18. The summed E-state index contributed by atoms with van der Waals surface area (Å²) in [6, 6.07) is 9.45. The number of amides is 2. The van der Waals surface area contributed by atoms with Crippen molar-refractivity contribution in [1.29, 1.82) is 0 Å². The number of nitrogens with zero attached hydrogens (tertiary/aromatic N) is 1. The van der Waals surface area contributed by atoms with Crippen molar-refractivity contribution in [3.8, 4) is 11.5 Å². The van der Waals surface area contributed by atoms with Gasteiger partial charge < -0.3 is 15.6 Å². The van der Waals surface area contributed by atoms with Gasteiger partial charge in [0.15, 0.2) is 0 Å². The molecule has 2 amide bonds. The van der Waals surface area contributed by atoms with Crippen molar-refractivity contribution in [3.63, 3.8) is 0 Å². The zero-order valence-corrected chi connectivity index (χ0v) is 16.0. The number of nitrogens with two attached hydrogens (primary N) is 1. The minimum absolute atomic E-state index is 0.0169. The lowest BCUT2D eigenvalue weighted by molar-refractivity contribution is -0.385. The number of carbonyl (C=O) groups excluding carboxylic acids is 2. The van der Waals surface area contributed by atoms with Crippen LogP contribution in [0.25, 0.3) is 6.08 Å². The van der Waals surface area contributed by atoms with E-state index in [1.165, 1.54) is 24.3 Å². The maximum Gasteiger partial charge on any atom is 0.320 e. The van der Waals surface area contributed by atoms with Crippen LogP contribution in [0.15, 0.2) is 47.4 Å². The van der Waals surface area contributed by atoms with Crippen LogP contribution in [-0.2, 0) is 16.0 Å². The second-order valence-corrected chi connectivity index (χ2v) is 7.25. The molecule has 2 aromatic rings. The van der Waals surface area contributed by atoms with Gasteiger partial charge in [0.05, 0.1) is 9.83 Å². The lowest BCUT2D eigenvalue weighted by atomic mass is 10.1. The Bertz CT molecular complexity index is 1070. The van der Waals surface area contributed by atoms with Crippen molar-refractivity contribution < 1.29 is 29.2 Å². The number of ether oxygens (including phenoxy) is 1. The van der Waals surface area contributed by atoms with Crippen molar-refractivity contribution in [1.82, 2.24) is 5.32 Å². The SMILES string of the molecule is NC(Cc1ccc(Oc2ccc(/C=C3\SC(=O)NC3=O)cc2[N+](=O)[O-])cc1)C(=O)O. The molecule has 30 heavy (non-hydrogen) atoms. The van der Waals surface area contributed by atoms with Gasteiger partial charge in [-0.25, -0.2) is 0 Å². The van der Waals surface area contributed by atoms with Gasteiger partial charge in [-0.3, -0.25) is 29.8 Å². The van der Waals surface area contributed by atoms with Crippen LogP contribution < -0.4 is 15.8 Å². The largest absolute Gasteiger partial charge is 0.480 e. The van der Waals surface area contributed by atoms with E-state index in [9.17, 15) is 24.5 Å². The van der Waals surface area contributed by atoms with Crippen molar-refractivity contribution in [2.45, 2.75) is 12.5 Å². The minimum atomic E-state index is -1.11. The Kier molecular flexibility index (Phi) is 6.14. The molecule has 1 aliphatic rings. The molecule has 1 fully saturated rings. The van der Waals surface area contributed by atoms with Crippen LogP contribution in [0.5, 0.6) is 11.5 Å². The molecule has 10 nitrogen and oxygen atoms in total. The van der Waals surface area contributed by atoms with Crippen molar-refractivity contribution >= 4 is 40.6 Å². The summed E-state index contributed by atoms with van der Waals surface area (Å²) in [5, 5.41) is 21.9. The number of rotatable bonds is 7. The monoisotopic (exact) mass is 429 g/mol. The summed E-state index contributed by atoms with van der Waals surface area (Å²) in [4.78, 5) is 44.7. The van der Waals surface area contributed by atoms with E-state index in [1.54, 1.807) is 24.3 Å². The number of hydrogen-bond acceptors (Lipinski definition) is 8. The molecule has 1 saturated heterocycles. The normalized spacial score (nSPS) is 15.7. The number of benzene rings is 2. The Morgan fingerprint density at radius 1 is 1.27 bits per heavy atom. The third kappa shape index (κ3) is 5.01. The highest BCUT2D eigenvalue weighted by atomic mass is 32.2. The maximum atomic E-state index is 11.6. The predicted molar refractivity (Wildman–Crippen MR) is 108 cm³/mol. The summed E-state index contributed by atoms with van der Waals surface area (Å²) in [5.74, 6) is -1.38. The first kappa shape index (κ1) is 21.0. The molecule has 1 aliphatic heterocycles. The van der Waals surface area contributed by atoms with Gasteiger partial charge in [0.25, 0.3) is 11.1 Å². The van der Waals surface area contributed by atoms with Crippen LogP contribution in [0.2, 0.25) is 0 Å². The lowest BCUT2D eigenvalue weighted by Crippen LogP contribution is -2.32. The highest BCUT2D eigenvalue weighted by Gasteiger charge is 2.25. The summed E-state index contributed by atoms with van der Waals surface area (Å²) < 4.78 is 5.59. The molecule has 4 N–H and O–H groups in total. The third-order valence-corrected chi connectivity index (χ3v) is 4.85. The molecule has 1 heterocycles. The van der Waals surface area contributed by atoms with Gasteiger partial charge in [-0.15, -0.1) is 0 Å². The van der Waals surface area contributed by atoms with Crippen LogP contribution in [0.3, 0.4) is 0 Å². The number of thioether (sulfide) groups is 1. The van der Waals surface area contributed by atoms with Crippen molar-refractivity contribution in [3.05, 3.63) is 68.6 Å². The average molecular weight is 429 g/mol. The molecule has 0 aliphatic carbocycles. The molecule has 0 saturated carbocycles. The molecule has 154 valence electrons. The number of carboxylic acid groups (broad SMARTS) is 1. The van der Waals surface area contributed by atoms with Crippen LogP contribution >= 0.6 is 11.8 Å². The van der Waals surface area contributed by atoms with E-state index in [1.807, 2.05) is 0 Å². The number of imide groups is 1. The average Bonchev–Trinajstić information content (AvgIpc) is 3.01. The summed E-state index contributed by atoms with van der Waals surface area (Å²) in [6.07, 6.45) is 1.51. The number of carbonyl (C=O) groups is 3. The smallest absolute Gasteiger partial charge is 0.320 e. The molecular weight excluding hydrogens is 414 g/mol. The fourth-order valence-corrected chi connectivity index (χ4v) is 3.27. The van der Waals surface area contributed by atoms with Crippen LogP contribution in [0.1, 0.15) is 11.1 Å². The van der Waals surface area contributed by atoms with E-state index in [2.05, 4.69) is 5.32 Å². The Morgan fingerprint density at radius 2 is 1.97 bits per heavy atom. The van der Waals surface area contributed by atoms with E-state index in [0.29, 0.717) is 28.6 Å². The molecule has 3 rings (SSSR count). The topological polar surface area (TPSA) is 162 Å². The van der Waals surface area contributed by atoms with Gasteiger partial charge in [-0.2, -0.15) is 0 Å². The van der Waals surface area contributed by atoms with Gasteiger partial charge in [-0.05, 0) is 53.6 Å². The van der Waals surface area contributed by atoms with Gasteiger partial charge in [0.1, 0.15) is 11.8 Å². The fraction of sp³-hybridized carbons (Fsp3) is 0.105. The van der Waals surface area contributed by atoms with Crippen molar-refractivity contribution in [2.24, 2.45) is 5.73 Å². The number of nitro benzene ring substituents is 1. The number of nitro groups is 1. The van der Waals surface area contributed by atoms with Gasteiger partial charge in [-0.1, -0.05) is 18.2 Å². The predicted octanol–water partition coefficient (Wildman–Crippen LogP) is 2.67. The second-order valence-electron chi connectivity index (χ2n) is 6.23. The molecule has 0 spiro atoms. The molecule has 0 radical (unpaired) electrons. The molecular formula is C19H15N3O7S. The second kappa shape index (κ2) is 8.76. The Labute approximate surface area is 173 Å². The van der Waals surface area contributed by atoms with Gasteiger partial charge in [0.2, 0.25) is 5.75 Å². The maximum absolute atomic E-state index is 11.6. The summed E-state index contributed by atoms with van der Waals surface area (Å²) in [5.41, 5.74) is 6.21. The van der Waals surface area contributed by atoms with Crippen LogP contribution in [0.4, 0.5) is 10.5 Å². The number of carboxylic acids is 1. The highest BCUT2D eigenvalue weighted by Crippen LogP contribution is 2.34. The first-order chi connectivity index (χ1) is 14.2. The Balaban J connectivity index is 1.80. The zero-order chi connectivity index (χ0) is 21.8. The fourth-order valence-electron chi connectivity index (χ4n) is 2.59. The van der Waals surface area contributed by atoms with Crippen LogP contribution in [-0.4, -0.2) is 33.2 Å². The Morgan fingerprint density at radius 3 is 2.53 bits per heavy atom. The number of aliphatic carboxylic acids is 1. The first-order valence-electron chi connectivity index (χ1n) is 8.51. The van der Waals surface area contributed by atoms with E-state index in [0.717, 1.165) is 0 Å². The molecule has 0 aromatic heterocycles. The van der Waals surface area contributed by atoms with Gasteiger partial charge >= 0.3 is 11.7 Å². The Hall–Kier alpha value is -3.70. The molecule has 1 atom stereocenters. The van der Waals surface area contributed by atoms with E-state index < -0.39 is 28.1 Å². The third-order valence-electron chi connectivity index (χ3n) is 4.04. The zero-order valence-electron chi connectivity index (χ0n) is 15.2. The van der Waals surface area contributed by atoms with E-state index in [-0.39, 0.29) is 22.8 Å². The molecule has 2 aromatic carbocycles. The standard InChI is InChI=1S/C19H15N3O7S/c20-13(18(24)25)7-10-1-4-12(5-2-10)29-15-6-3-11(8-14(15)22(27)28)9-16-17(23)21-19(26)30-16/h1-6,8-9,13H,7,20H2,(H,24,25)(H,21,23,26)/b16-9-. The quantitative estimate of drug-likeness (QED) is 0.341. The van der Waals surface area contributed by atoms with Crippen LogP contribution in [0, 0.1) is 10.1 Å². The molecule has 1 unspecified atom stereocenters. The van der Waals surface area contributed by atoms with E-state index >= 15 is 0 Å². The molecule has 0 bridgehead atoms. The summed E-state index contributed by atoms with van der Waals surface area (Å²) in [6.45, 7) is 0. The van der Waals surface area contributed by atoms with Gasteiger partial charge in [0, 0.05) is 6.07 Å². The lowest BCUT2D eigenvalue weighted by Gasteiger charge is -2.09. The number of nitrogens with one attached hydrogen (secondary N) is 1. The molecule has 11 heteroatoms.